The van der Waals surface area contributed by atoms with E-state index in [0.717, 1.165) is 4.31 Å². The molecule has 0 atom stereocenters. The van der Waals surface area contributed by atoms with Gasteiger partial charge in [-0.2, -0.15) is 4.31 Å². The summed E-state index contributed by atoms with van der Waals surface area (Å²) in [6.07, 6.45) is 0.784. The van der Waals surface area contributed by atoms with Crippen molar-refractivity contribution in [2.75, 3.05) is 26.8 Å². The zero-order valence-electron chi connectivity index (χ0n) is 11.6. The molecule has 0 spiro atoms. The Morgan fingerprint density at radius 1 is 1.29 bits per heavy atom. The van der Waals surface area contributed by atoms with Crippen molar-refractivity contribution in [3.05, 3.63) is 28.2 Å². The van der Waals surface area contributed by atoms with E-state index in [1.807, 2.05) is 0 Å². The molecule has 1 aromatic carbocycles. The van der Waals surface area contributed by atoms with E-state index in [9.17, 15) is 13.5 Å². The summed E-state index contributed by atoms with van der Waals surface area (Å²) in [4.78, 5) is -0.133. The van der Waals surface area contributed by atoms with Gasteiger partial charge in [-0.3, -0.25) is 0 Å². The van der Waals surface area contributed by atoms with Crippen LogP contribution in [-0.2, 0) is 14.8 Å². The molecule has 0 aromatic heterocycles. The highest BCUT2D eigenvalue weighted by molar-refractivity contribution is 7.89. The minimum absolute atomic E-state index is 0.0275. The van der Waals surface area contributed by atoms with E-state index in [4.69, 9.17) is 27.9 Å². The van der Waals surface area contributed by atoms with E-state index in [1.165, 1.54) is 19.2 Å². The quantitative estimate of drug-likeness (QED) is 0.900. The number of hydrogen-bond donors (Lipinski definition) is 1. The van der Waals surface area contributed by atoms with Crippen molar-refractivity contribution in [3.8, 4) is 0 Å². The smallest absolute Gasteiger partial charge is 0.245 e. The fraction of sp³-hybridized carbons (Fsp3) is 0.538. The van der Waals surface area contributed by atoms with Gasteiger partial charge in [-0.25, -0.2) is 8.42 Å². The van der Waals surface area contributed by atoms with E-state index >= 15 is 0 Å². The first-order valence-corrected chi connectivity index (χ1v) is 8.66. The molecular formula is C13H17Cl2NO4S. The molecule has 0 amide bonds. The van der Waals surface area contributed by atoms with Gasteiger partial charge in [0.2, 0.25) is 10.0 Å². The predicted octanol–water partition coefficient (Wildman–Crippen LogP) is 2.16. The summed E-state index contributed by atoms with van der Waals surface area (Å²) in [5.41, 5.74) is -1.09. The van der Waals surface area contributed by atoms with Crippen molar-refractivity contribution in [2.45, 2.75) is 23.3 Å². The summed E-state index contributed by atoms with van der Waals surface area (Å²) in [5, 5.41) is 10.6. The molecule has 1 heterocycles. The van der Waals surface area contributed by atoms with E-state index in [2.05, 4.69) is 0 Å². The number of hydrogen-bond acceptors (Lipinski definition) is 4. The van der Waals surface area contributed by atoms with E-state index in [0.29, 0.717) is 26.1 Å². The maximum Gasteiger partial charge on any atom is 0.245 e. The van der Waals surface area contributed by atoms with Crippen LogP contribution in [-0.4, -0.2) is 50.2 Å². The van der Waals surface area contributed by atoms with Gasteiger partial charge in [0.25, 0.3) is 0 Å². The Bertz CT molecular complexity index is 594. The minimum Gasteiger partial charge on any atom is -0.388 e. The van der Waals surface area contributed by atoms with Crippen LogP contribution < -0.4 is 0 Å². The van der Waals surface area contributed by atoms with Crippen molar-refractivity contribution in [3.63, 3.8) is 0 Å². The monoisotopic (exact) mass is 353 g/mol. The molecule has 21 heavy (non-hydrogen) atoms. The molecule has 0 radical (unpaired) electrons. The van der Waals surface area contributed by atoms with E-state index in [-0.39, 0.29) is 21.5 Å². The largest absolute Gasteiger partial charge is 0.388 e. The molecule has 1 saturated heterocycles. The van der Waals surface area contributed by atoms with Crippen LogP contribution in [0.3, 0.4) is 0 Å². The minimum atomic E-state index is -3.87. The molecule has 1 aliphatic heterocycles. The summed E-state index contributed by atoms with van der Waals surface area (Å²) in [5.74, 6) is 0. The molecule has 1 aliphatic rings. The standard InChI is InChI=1S/C13H17Cl2NO4S/c1-16(9-13(17)5-7-20-8-6-13)21(18,19)12-10(14)3-2-4-11(12)15/h2-4,17H,5-9H2,1H3. The number of sulfonamides is 1. The summed E-state index contributed by atoms with van der Waals surface area (Å²) < 4.78 is 31.5. The Kier molecular flexibility index (Phi) is 5.18. The van der Waals surface area contributed by atoms with Gasteiger partial charge in [0.15, 0.2) is 0 Å². The second kappa shape index (κ2) is 6.40. The number of benzene rings is 1. The molecular weight excluding hydrogens is 337 g/mol. The van der Waals surface area contributed by atoms with Gasteiger partial charge < -0.3 is 9.84 Å². The summed E-state index contributed by atoms with van der Waals surface area (Å²) in [6.45, 7) is 0.800. The molecule has 118 valence electrons. The van der Waals surface area contributed by atoms with Crippen molar-refractivity contribution in [2.24, 2.45) is 0 Å². The van der Waals surface area contributed by atoms with Crippen LogP contribution in [0.2, 0.25) is 10.0 Å². The molecule has 8 heteroatoms. The molecule has 1 aromatic rings. The Balaban J connectivity index is 2.27. The zero-order valence-corrected chi connectivity index (χ0v) is 13.9. The summed E-state index contributed by atoms with van der Waals surface area (Å²) >= 11 is 11.9. The topological polar surface area (TPSA) is 66.8 Å². The Morgan fingerprint density at radius 3 is 2.33 bits per heavy atom. The molecule has 0 bridgehead atoms. The highest BCUT2D eigenvalue weighted by Crippen LogP contribution is 2.32. The number of ether oxygens (including phenoxy) is 1. The van der Waals surface area contributed by atoms with Crippen LogP contribution in [0.4, 0.5) is 0 Å². The molecule has 1 N–H and O–H groups in total. The maximum absolute atomic E-state index is 12.6. The van der Waals surface area contributed by atoms with E-state index < -0.39 is 15.6 Å². The fourth-order valence-corrected chi connectivity index (χ4v) is 4.63. The Labute approximate surface area is 134 Å². The number of rotatable bonds is 4. The van der Waals surface area contributed by atoms with Gasteiger partial charge in [0, 0.05) is 39.6 Å². The van der Waals surface area contributed by atoms with Crippen LogP contribution in [0.1, 0.15) is 12.8 Å². The molecule has 1 fully saturated rings. The number of aliphatic hydroxyl groups is 1. The Morgan fingerprint density at radius 2 is 1.81 bits per heavy atom. The first-order chi connectivity index (χ1) is 9.76. The van der Waals surface area contributed by atoms with Gasteiger partial charge in [0.1, 0.15) is 4.90 Å². The second-order valence-corrected chi connectivity index (χ2v) is 7.94. The maximum atomic E-state index is 12.6. The lowest BCUT2D eigenvalue weighted by molar-refractivity contribution is -0.0689. The molecule has 0 unspecified atom stereocenters. The predicted molar refractivity (Wildman–Crippen MR) is 81.3 cm³/mol. The number of likely N-dealkylation sites (N-methyl/N-ethyl adjacent to an activating group) is 1. The van der Waals surface area contributed by atoms with Gasteiger partial charge in [-0.1, -0.05) is 29.3 Å². The first kappa shape index (κ1) is 17.0. The van der Waals surface area contributed by atoms with Crippen molar-refractivity contribution >= 4 is 33.2 Å². The van der Waals surface area contributed by atoms with Crippen LogP contribution in [0.25, 0.3) is 0 Å². The average Bonchev–Trinajstić information content (AvgIpc) is 2.38. The van der Waals surface area contributed by atoms with Crippen LogP contribution in [0, 0.1) is 0 Å². The number of nitrogens with zero attached hydrogens (tertiary/aromatic N) is 1. The van der Waals surface area contributed by atoms with Crippen LogP contribution in [0.15, 0.2) is 23.1 Å². The third-order valence-corrected chi connectivity index (χ3v) is 6.29. The van der Waals surface area contributed by atoms with Crippen LogP contribution in [0.5, 0.6) is 0 Å². The Hall–Kier alpha value is -0.370. The zero-order chi connectivity index (χ0) is 15.7. The van der Waals surface area contributed by atoms with Crippen molar-refractivity contribution < 1.29 is 18.3 Å². The third kappa shape index (κ3) is 3.70. The fourth-order valence-electron chi connectivity index (χ4n) is 2.29. The highest BCUT2D eigenvalue weighted by atomic mass is 35.5. The lowest BCUT2D eigenvalue weighted by Gasteiger charge is -2.35. The first-order valence-electron chi connectivity index (χ1n) is 6.47. The van der Waals surface area contributed by atoms with Gasteiger partial charge in [-0.05, 0) is 12.1 Å². The third-order valence-electron chi connectivity index (χ3n) is 3.53. The SMILES string of the molecule is CN(CC1(O)CCOCC1)S(=O)(=O)c1c(Cl)cccc1Cl. The normalized spacial score (nSPS) is 18.9. The second-order valence-electron chi connectivity index (χ2n) is 5.15. The van der Waals surface area contributed by atoms with Gasteiger partial charge >= 0.3 is 0 Å². The van der Waals surface area contributed by atoms with Crippen molar-refractivity contribution in [1.82, 2.24) is 4.31 Å². The van der Waals surface area contributed by atoms with Gasteiger partial charge in [0.05, 0.1) is 15.6 Å². The molecule has 2 rings (SSSR count). The summed E-state index contributed by atoms with van der Waals surface area (Å²) in [7, 11) is -2.46. The van der Waals surface area contributed by atoms with Gasteiger partial charge in [-0.15, -0.1) is 0 Å². The number of halogens is 2. The lowest BCUT2D eigenvalue weighted by Crippen LogP contribution is -2.47. The van der Waals surface area contributed by atoms with E-state index in [1.54, 1.807) is 6.07 Å². The molecule has 0 saturated carbocycles. The van der Waals surface area contributed by atoms with Crippen molar-refractivity contribution in [1.29, 1.82) is 0 Å². The average molecular weight is 354 g/mol. The van der Waals surface area contributed by atoms with Crippen LogP contribution >= 0.6 is 23.2 Å². The molecule has 0 aliphatic carbocycles. The highest BCUT2D eigenvalue weighted by Gasteiger charge is 2.36. The lowest BCUT2D eigenvalue weighted by atomic mass is 9.95. The summed E-state index contributed by atoms with van der Waals surface area (Å²) in [6, 6.07) is 4.52. The molecule has 5 nitrogen and oxygen atoms in total.